The van der Waals surface area contributed by atoms with Gasteiger partial charge in [0.2, 0.25) is 0 Å². The molecular formula is C17H26O2. The fourth-order valence-electron chi connectivity index (χ4n) is 2.90. The zero-order valence-corrected chi connectivity index (χ0v) is 12.0. The van der Waals surface area contributed by atoms with Gasteiger partial charge in [0.05, 0.1) is 12.2 Å². The summed E-state index contributed by atoms with van der Waals surface area (Å²) < 4.78 is 6.20. The van der Waals surface area contributed by atoms with Crippen LogP contribution in [0, 0.1) is 0 Å². The van der Waals surface area contributed by atoms with Crippen molar-refractivity contribution in [3.05, 3.63) is 29.8 Å². The third-order valence-corrected chi connectivity index (χ3v) is 3.94. The highest BCUT2D eigenvalue weighted by molar-refractivity contribution is 5.26. The van der Waals surface area contributed by atoms with E-state index in [9.17, 15) is 5.11 Å². The molecule has 1 aliphatic carbocycles. The zero-order chi connectivity index (χ0) is 13.5. The van der Waals surface area contributed by atoms with E-state index in [0.29, 0.717) is 11.9 Å². The second-order valence-corrected chi connectivity index (χ2v) is 5.78. The molecule has 1 unspecified atom stereocenters. The van der Waals surface area contributed by atoms with Crippen molar-refractivity contribution in [2.75, 3.05) is 0 Å². The number of ether oxygens (including phenoxy) is 1. The Kier molecular flexibility index (Phi) is 5.71. The van der Waals surface area contributed by atoms with Gasteiger partial charge >= 0.3 is 0 Å². The van der Waals surface area contributed by atoms with E-state index in [2.05, 4.69) is 6.92 Å². The number of aromatic hydroxyl groups is 1. The van der Waals surface area contributed by atoms with Gasteiger partial charge in [-0.15, -0.1) is 0 Å². The monoisotopic (exact) mass is 262 g/mol. The Labute approximate surface area is 116 Å². The standard InChI is InChI=1S/C17H26O2/c1-14(13-15-9-11-16(18)12-10-15)19-17-7-5-3-2-4-6-8-17/h9-12,14,17-18H,2-8,13H2,1H3. The van der Waals surface area contributed by atoms with Crippen molar-refractivity contribution in [1.29, 1.82) is 0 Å². The summed E-state index contributed by atoms with van der Waals surface area (Å²) >= 11 is 0. The topological polar surface area (TPSA) is 29.5 Å². The predicted molar refractivity (Wildman–Crippen MR) is 78.5 cm³/mol. The minimum atomic E-state index is 0.258. The Bertz CT molecular complexity index is 350. The van der Waals surface area contributed by atoms with E-state index in [1.807, 2.05) is 12.1 Å². The number of benzene rings is 1. The van der Waals surface area contributed by atoms with Crippen molar-refractivity contribution in [3.8, 4) is 5.75 Å². The minimum Gasteiger partial charge on any atom is -0.508 e. The molecule has 0 radical (unpaired) electrons. The van der Waals surface area contributed by atoms with E-state index < -0.39 is 0 Å². The summed E-state index contributed by atoms with van der Waals surface area (Å²) in [6, 6.07) is 7.45. The molecule has 19 heavy (non-hydrogen) atoms. The lowest BCUT2D eigenvalue weighted by molar-refractivity contribution is -0.0147. The molecule has 0 spiro atoms. The van der Waals surface area contributed by atoms with Crippen molar-refractivity contribution >= 4 is 0 Å². The average Bonchev–Trinajstić information content (AvgIpc) is 2.35. The highest BCUT2D eigenvalue weighted by Crippen LogP contribution is 2.21. The molecular weight excluding hydrogens is 236 g/mol. The summed E-state index contributed by atoms with van der Waals surface area (Å²) in [5.41, 5.74) is 1.23. The van der Waals surface area contributed by atoms with E-state index in [4.69, 9.17) is 4.74 Å². The molecule has 2 rings (SSSR count). The van der Waals surface area contributed by atoms with Gasteiger partial charge < -0.3 is 9.84 Å². The Balaban J connectivity index is 1.79. The molecule has 0 amide bonds. The maximum atomic E-state index is 9.28. The van der Waals surface area contributed by atoms with E-state index in [1.54, 1.807) is 12.1 Å². The fourth-order valence-corrected chi connectivity index (χ4v) is 2.90. The molecule has 0 aliphatic heterocycles. The fraction of sp³-hybridized carbons (Fsp3) is 0.647. The Morgan fingerprint density at radius 1 is 1.05 bits per heavy atom. The summed E-state index contributed by atoms with van der Waals surface area (Å²) in [5, 5.41) is 9.28. The molecule has 2 heteroatoms. The van der Waals surface area contributed by atoms with Crippen LogP contribution in [-0.2, 0) is 11.2 Å². The Hall–Kier alpha value is -1.02. The van der Waals surface area contributed by atoms with Crippen LogP contribution in [0.3, 0.4) is 0 Å². The number of phenolic OH excluding ortho intramolecular Hbond substituents is 1. The van der Waals surface area contributed by atoms with Crippen LogP contribution in [0.15, 0.2) is 24.3 Å². The lowest BCUT2D eigenvalue weighted by Gasteiger charge is -2.24. The lowest BCUT2D eigenvalue weighted by Crippen LogP contribution is -2.22. The molecule has 1 fully saturated rings. The van der Waals surface area contributed by atoms with Gasteiger partial charge in [0.15, 0.2) is 0 Å². The SMILES string of the molecule is CC(Cc1ccc(O)cc1)OC1CCCCCCC1. The van der Waals surface area contributed by atoms with Gasteiger partial charge in [-0.25, -0.2) is 0 Å². The van der Waals surface area contributed by atoms with E-state index in [1.165, 1.54) is 50.5 Å². The maximum absolute atomic E-state index is 9.28. The van der Waals surface area contributed by atoms with Gasteiger partial charge in [-0.1, -0.05) is 44.2 Å². The van der Waals surface area contributed by atoms with Gasteiger partial charge in [-0.05, 0) is 43.9 Å². The third kappa shape index (κ3) is 5.23. The molecule has 1 atom stereocenters. The summed E-state index contributed by atoms with van der Waals surface area (Å²) in [5.74, 6) is 0.331. The van der Waals surface area contributed by atoms with Crippen LogP contribution in [0.1, 0.15) is 57.4 Å². The summed E-state index contributed by atoms with van der Waals surface area (Å²) in [7, 11) is 0. The summed E-state index contributed by atoms with van der Waals surface area (Å²) in [6.45, 7) is 2.16. The van der Waals surface area contributed by atoms with Crippen molar-refractivity contribution < 1.29 is 9.84 Å². The molecule has 1 aliphatic rings. The molecule has 1 N–H and O–H groups in total. The van der Waals surface area contributed by atoms with E-state index in [0.717, 1.165) is 6.42 Å². The van der Waals surface area contributed by atoms with Crippen molar-refractivity contribution in [1.82, 2.24) is 0 Å². The molecule has 0 aromatic heterocycles. The molecule has 0 saturated heterocycles. The summed E-state index contributed by atoms with van der Waals surface area (Å²) in [4.78, 5) is 0. The number of rotatable bonds is 4. The van der Waals surface area contributed by atoms with Crippen LogP contribution in [-0.4, -0.2) is 17.3 Å². The van der Waals surface area contributed by atoms with Gasteiger partial charge in [0.25, 0.3) is 0 Å². The highest BCUT2D eigenvalue weighted by atomic mass is 16.5. The van der Waals surface area contributed by atoms with Crippen LogP contribution < -0.4 is 0 Å². The first-order valence-electron chi connectivity index (χ1n) is 7.67. The molecule has 1 aromatic carbocycles. The smallest absolute Gasteiger partial charge is 0.115 e. The quantitative estimate of drug-likeness (QED) is 0.868. The van der Waals surface area contributed by atoms with Crippen LogP contribution in [0.2, 0.25) is 0 Å². The Morgan fingerprint density at radius 3 is 2.26 bits per heavy atom. The van der Waals surface area contributed by atoms with Crippen molar-refractivity contribution in [2.45, 2.75) is 70.5 Å². The molecule has 2 nitrogen and oxygen atoms in total. The van der Waals surface area contributed by atoms with Gasteiger partial charge in [0, 0.05) is 0 Å². The van der Waals surface area contributed by atoms with E-state index in [-0.39, 0.29) is 6.10 Å². The largest absolute Gasteiger partial charge is 0.508 e. The predicted octanol–water partition coefficient (Wildman–Crippen LogP) is 4.45. The molecule has 0 bridgehead atoms. The van der Waals surface area contributed by atoms with Gasteiger partial charge in [-0.2, -0.15) is 0 Å². The third-order valence-electron chi connectivity index (χ3n) is 3.94. The minimum absolute atomic E-state index is 0.258. The van der Waals surface area contributed by atoms with Crippen LogP contribution in [0.4, 0.5) is 0 Å². The molecule has 0 heterocycles. The van der Waals surface area contributed by atoms with E-state index >= 15 is 0 Å². The molecule has 106 valence electrons. The molecule has 1 saturated carbocycles. The first-order valence-corrected chi connectivity index (χ1v) is 7.67. The number of hydrogen-bond donors (Lipinski definition) is 1. The van der Waals surface area contributed by atoms with Gasteiger partial charge in [0.1, 0.15) is 5.75 Å². The zero-order valence-electron chi connectivity index (χ0n) is 12.0. The molecule has 1 aromatic rings. The number of hydrogen-bond acceptors (Lipinski definition) is 2. The van der Waals surface area contributed by atoms with Crippen LogP contribution in [0.5, 0.6) is 5.75 Å². The number of phenols is 1. The highest BCUT2D eigenvalue weighted by Gasteiger charge is 2.15. The first-order chi connectivity index (χ1) is 9.24. The normalized spacial score (nSPS) is 19.6. The first kappa shape index (κ1) is 14.4. The van der Waals surface area contributed by atoms with Crippen LogP contribution >= 0.6 is 0 Å². The van der Waals surface area contributed by atoms with Gasteiger partial charge in [-0.3, -0.25) is 0 Å². The van der Waals surface area contributed by atoms with Crippen LogP contribution in [0.25, 0.3) is 0 Å². The lowest BCUT2D eigenvalue weighted by atomic mass is 9.98. The second kappa shape index (κ2) is 7.54. The second-order valence-electron chi connectivity index (χ2n) is 5.78. The average molecular weight is 262 g/mol. The maximum Gasteiger partial charge on any atom is 0.115 e. The van der Waals surface area contributed by atoms with Crippen molar-refractivity contribution in [2.24, 2.45) is 0 Å². The Morgan fingerprint density at radius 2 is 1.63 bits per heavy atom. The summed E-state index contributed by atoms with van der Waals surface area (Å²) in [6.07, 6.45) is 10.8. The van der Waals surface area contributed by atoms with Crippen molar-refractivity contribution in [3.63, 3.8) is 0 Å².